The molecule has 0 aromatic heterocycles. The van der Waals surface area contributed by atoms with E-state index in [9.17, 15) is 54.6 Å². The summed E-state index contributed by atoms with van der Waals surface area (Å²) >= 11 is 0. The monoisotopic (exact) mass is 861 g/mol. The quantitative estimate of drug-likeness (QED) is 0.0504. The molecule has 0 fully saturated rings. The van der Waals surface area contributed by atoms with Crippen molar-refractivity contribution in [1.82, 2.24) is 20.0 Å². The number of likely N-dealkylation sites (N-methyl/N-ethyl adjacent to an activating group) is 1. The van der Waals surface area contributed by atoms with Crippen LogP contribution in [-0.2, 0) is 35.3 Å². The summed E-state index contributed by atoms with van der Waals surface area (Å²) in [6, 6.07) is 7.27. The molecule has 1 unspecified atom stereocenters. The smallest absolute Gasteiger partial charge is 0.549 e. The van der Waals surface area contributed by atoms with Crippen molar-refractivity contribution in [3.05, 3.63) is 35.9 Å². The first kappa shape index (κ1) is 49.6. The molecule has 1 aromatic rings. The molecule has 0 aliphatic carbocycles. The summed E-state index contributed by atoms with van der Waals surface area (Å²) in [4.78, 5) is 58.8. The Morgan fingerprint density at radius 2 is 1.18 bits per heavy atom. The number of benzene rings is 1. The second-order valence-corrected chi connectivity index (χ2v) is 10.6. The van der Waals surface area contributed by atoms with Gasteiger partial charge < -0.3 is 85.1 Å². The summed E-state index contributed by atoms with van der Waals surface area (Å²) in [6.07, 6.45) is -5.65. The van der Waals surface area contributed by atoms with Gasteiger partial charge in [-0.1, -0.05) is 30.3 Å². The van der Waals surface area contributed by atoms with Crippen molar-refractivity contribution >= 4 is 29.8 Å². The third-order valence-corrected chi connectivity index (χ3v) is 6.67. The Kier molecular flexibility index (Phi) is 27.9. The molecule has 0 aliphatic rings. The van der Waals surface area contributed by atoms with Gasteiger partial charge in [0.25, 0.3) is 0 Å². The molecule has 1 radical (unpaired) electrons. The molecular formula is C29H43GdN4O16-2. The number of aliphatic hydroxyl groups excluding tert-OH is 5. The van der Waals surface area contributed by atoms with E-state index in [1.54, 1.807) is 37.4 Å². The largest absolute Gasteiger partial charge is 3.00 e. The van der Waals surface area contributed by atoms with Crippen molar-refractivity contribution < 1.29 is 120 Å². The van der Waals surface area contributed by atoms with Crippen LogP contribution in [0, 0.1) is 39.9 Å². The first-order chi connectivity index (χ1) is 23.0. The van der Waals surface area contributed by atoms with Crippen molar-refractivity contribution in [3.8, 4) is 0 Å². The molecule has 0 spiro atoms. The van der Waals surface area contributed by atoms with E-state index in [-0.39, 0.29) is 79.3 Å². The Morgan fingerprint density at radius 3 is 1.64 bits per heavy atom. The number of aliphatic hydroxyl groups is 5. The van der Waals surface area contributed by atoms with E-state index < -0.39 is 99.7 Å². The molecule has 5 atom stereocenters. The average Bonchev–Trinajstić information content (AvgIpc) is 3.02. The number of carboxylic acids is 5. The molecule has 0 saturated heterocycles. The molecule has 20 nitrogen and oxygen atoms in total. The molecule has 285 valence electrons. The van der Waals surface area contributed by atoms with Gasteiger partial charge in [0.2, 0.25) is 0 Å². The number of aliphatic carboxylic acids is 5. The Labute approximate surface area is 320 Å². The van der Waals surface area contributed by atoms with Crippen LogP contribution < -0.4 is 30.8 Å². The van der Waals surface area contributed by atoms with Gasteiger partial charge >= 0.3 is 39.9 Å². The van der Waals surface area contributed by atoms with Crippen LogP contribution in [0.25, 0.3) is 0 Å². The summed E-state index contributed by atoms with van der Waals surface area (Å²) in [5, 5.41) is 103. The number of hydrogen-bond acceptors (Lipinski definition) is 20. The molecule has 1 aromatic carbocycles. The topological polar surface area (TPSA) is 333 Å². The van der Waals surface area contributed by atoms with E-state index in [0.29, 0.717) is 0 Å². The summed E-state index contributed by atoms with van der Waals surface area (Å²) in [6.45, 7) is -4.84. The van der Waals surface area contributed by atoms with Gasteiger partial charge in [0.15, 0.2) is 0 Å². The zero-order valence-corrected chi connectivity index (χ0v) is 29.4. The van der Waals surface area contributed by atoms with Crippen LogP contribution in [0.3, 0.4) is 0 Å². The van der Waals surface area contributed by atoms with Crippen molar-refractivity contribution in [1.29, 1.82) is 0 Å². The van der Waals surface area contributed by atoms with Crippen LogP contribution >= 0.6 is 0 Å². The van der Waals surface area contributed by atoms with Crippen LogP contribution in [0.1, 0.15) is 5.56 Å². The Hall–Kier alpha value is -2.51. The molecule has 0 heterocycles. The average molecular weight is 861 g/mol. The van der Waals surface area contributed by atoms with E-state index in [1.165, 1.54) is 4.90 Å². The van der Waals surface area contributed by atoms with Crippen molar-refractivity contribution in [3.63, 3.8) is 0 Å². The Morgan fingerprint density at radius 1 is 0.720 bits per heavy atom. The number of nitrogens with one attached hydrogen (secondary N) is 1. The molecule has 21 heteroatoms. The van der Waals surface area contributed by atoms with Gasteiger partial charge in [0.05, 0.1) is 61.8 Å². The van der Waals surface area contributed by atoms with Gasteiger partial charge in [-0.3, -0.25) is 14.7 Å². The number of carbonyl (C=O) groups excluding carboxylic acids is 5. The SMILES string of the molecule is CNC[C@H](O)[C@H](O)[C@H](O)[C@@H](O)CO.O=C([O-])CN(CCN(CC(=O)[O-])CC(=O)[O-])CCN(CC(=O)[O-])C(COCc1ccccc1)C(=O)[O-].[Gd+3]. The predicted molar refractivity (Wildman–Crippen MR) is 154 cm³/mol. The van der Waals surface area contributed by atoms with Crippen LogP contribution in [0.2, 0.25) is 0 Å². The fourth-order valence-corrected chi connectivity index (χ4v) is 4.17. The Balaban J connectivity index is 0. The van der Waals surface area contributed by atoms with Crippen LogP contribution in [0.5, 0.6) is 0 Å². The number of ether oxygens (including phenoxy) is 1. The van der Waals surface area contributed by atoms with Crippen LogP contribution in [-0.4, -0.2) is 180 Å². The van der Waals surface area contributed by atoms with Gasteiger partial charge in [-0.2, -0.15) is 0 Å². The fraction of sp³-hybridized carbons (Fsp3) is 0.621. The first-order valence-corrected chi connectivity index (χ1v) is 14.8. The van der Waals surface area contributed by atoms with Gasteiger partial charge in [-0.15, -0.1) is 0 Å². The fourth-order valence-electron chi connectivity index (χ4n) is 4.17. The van der Waals surface area contributed by atoms with E-state index in [2.05, 4.69) is 5.32 Å². The first-order valence-electron chi connectivity index (χ1n) is 14.8. The maximum absolute atomic E-state index is 11.7. The number of hydrogen-bond donors (Lipinski definition) is 6. The zero-order chi connectivity index (χ0) is 37.5. The maximum Gasteiger partial charge on any atom is 3.00 e. The van der Waals surface area contributed by atoms with Crippen LogP contribution in [0.4, 0.5) is 0 Å². The molecule has 0 saturated carbocycles. The Bertz CT molecular complexity index is 1120. The van der Waals surface area contributed by atoms with E-state index in [4.69, 9.17) is 25.2 Å². The van der Waals surface area contributed by atoms with E-state index in [0.717, 1.165) is 15.4 Å². The maximum atomic E-state index is 11.7. The van der Waals surface area contributed by atoms with Gasteiger partial charge in [-0.25, -0.2) is 0 Å². The molecule has 0 aliphatic heterocycles. The third-order valence-electron chi connectivity index (χ3n) is 6.67. The number of rotatable bonds is 26. The van der Waals surface area contributed by atoms with Crippen molar-refractivity contribution in [2.24, 2.45) is 0 Å². The minimum absolute atomic E-state index is 0. The standard InChI is InChI=1S/C22H31N3O11.C7H17NO5.Gd/c26-18(27)10-23(6-7-24(11-19(28)29)12-20(30)31)8-9-25(13-21(32)33)17(22(34)35)15-36-14-16-4-2-1-3-5-16;1-8-2-4(10)6(12)7(13)5(11)3-9;/h1-5,17H,6-15H2,(H,26,27)(H,28,29)(H,30,31)(H,32,33)(H,34,35);4-13H,2-3H2,1H3;/q;;+3/p-5/t;4-,5-,6-,7+;/m.0./s1. The normalized spacial score (nSPS) is 14.1. The second-order valence-electron chi connectivity index (χ2n) is 10.6. The molecule has 0 amide bonds. The van der Waals surface area contributed by atoms with Gasteiger partial charge in [0, 0.05) is 58.9 Å². The van der Waals surface area contributed by atoms with Gasteiger partial charge in [-0.05, 0) is 12.6 Å². The molecule has 50 heavy (non-hydrogen) atoms. The molecule has 6 N–H and O–H groups in total. The van der Waals surface area contributed by atoms with E-state index >= 15 is 0 Å². The third kappa shape index (κ3) is 23.1. The summed E-state index contributed by atoms with van der Waals surface area (Å²) in [5.74, 6) is -7.85. The van der Waals surface area contributed by atoms with Crippen molar-refractivity contribution in [2.75, 3.05) is 79.2 Å². The number of carboxylic acid groups (broad SMARTS) is 5. The minimum Gasteiger partial charge on any atom is -0.549 e. The van der Waals surface area contributed by atoms with Gasteiger partial charge in [0.1, 0.15) is 18.3 Å². The number of nitrogens with zero attached hydrogens (tertiary/aromatic N) is 3. The summed E-state index contributed by atoms with van der Waals surface area (Å²) < 4.78 is 5.41. The second kappa shape index (κ2) is 28.1. The van der Waals surface area contributed by atoms with E-state index in [1.807, 2.05) is 0 Å². The number of carbonyl (C=O) groups is 5. The molecule has 0 bridgehead atoms. The molecular weight excluding hydrogens is 818 g/mol. The minimum atomic E-state index is -1.62. The van der Waals surface area contributed by atoms with Crippen LogP contribution in [0.15, 0.2) is 30.3 Å². The predicted octanol–water partition coefficient (Wildman–Crippen LogP) is -11.1. The summed E-state index contributed by atoms with van der Waals surface area (Å²) in [5.41, 5.74) is 0.749. The molecule has 1 rings (SSSR count). The van der Waals surface area contributed by atoms with Crippen molar-refractivity contribution in [2.45, 2.75) is 37.1 Å². The zero-order valence-electron chi connectivity index (χ0n) is 27.2. The summed E-state index contributed by atoms with van der Waals surface area (Å²) in [7, 11) is 1.57.